The van der Waals surface area contributed by atoms with Crippen LogP contribution >= 0.6 is 0 Å². The third-order valence-corrected chi connectivity index (χ3v) is 13.4. The van der Waals surface area contributed by atoms with Crippen LogP contribution in [0, 0.1) is 0 Å². The summed E-state index contributed by atoms with van der Waals surface area (Å²) < 4.78 is 16.9. The van der Waals surface area contributed by atoms with E-state index in [0.717, 1.165) is 128 Å². The summed E-state index contributed by atoms with van der Waals surface area (Å²) in [6, 6.07) is 0. The molecule has 0 aliphatic heterocycles. The lowest BCUT2D eigenvalue weighted by molar-refractivity contribution is -0.167. The lowest BCUT2D eigenvalue weighted by Gasteiger charge is -2.18. The van der Waals surface area contributed by atoms with Crippen molar-refractivity contribution in [2.75, 3.05) is 13.2 Å². The van der Waals surface area contributed by atoms with Gasteiger partial charge in [0.15, 0.2) is 6.10 Å². The first kappa shape index (κ1) is 73.5. The molecule has 0 amide bonds. The molecule has 78 heavy (non-hydrogen) atoms. The lowest BCUT2D eigenvalue weighted by Crippen LogP contribution is -2.30. The molecule has 0 aromatic carbocycles. The second-order valence-corrected chi connectivity index (χ2v) is 20.9. The number of hydrogen-bond acceptors (Lipinski definition) is 6. The van der Waals surface area contributed by atoms with Crippen LogP contribution in [-0.2, 0) is 28.6 Å². The van der Waals surface area contributed by atoms with Crippen LogP contribution in [0.1, 0.15) is 284 Å². The molecule has 1 unspecified atom stereocenters. The lowest BCUT2D eigenvalue weighted by atomic mass is 10.1. The largest absolute Gasteiger partial charge is 0.462 e. The molecule has 0 aliphatic rings. The fourth-order valence-corrected chi connectivity index (χ4v) is 8.53. The van der Waals surface area contributed by atoms with Crippen molar-refractivity contribution < 1.29 is 28.6 Å². The minimum Gasteiger partial charge on any atom is -0.462 e. The Kier molecular flexibility index (Phi) is 61.4. The van der Waals surface area contributed by atoms with E-state index in [9.17, 15) is 14.4 Å². The fraction of sp³-hybridized carbons (Fsp3) is 0.653. The van der Waals surface area contributed by atoms with E-state index in [1.54, 1.807) is 0 Å². The fourth-order valence-electron chi connectivity index (χ4n) is 8.53. The van der Waals surface area contributed by atoms with Crippen molar-refractivity contribution in [1.82, 2.24) is 0 Å². The van der Waals surface area contributed by atoms with Gasteiger partial charge < -0.3 is 14.2 Å². The van der Waals surface area contributed by atoms with Crippen LogP contribution in [0.25, 0.3) is 0 Å². The van der Waals surface area contributed by atoms with E-state index in [4.69, 9.17) is 14.2 Å². The topological polar surface area (TPSA) is 78.9 Å². The van der Waals surface area contributed by atoms with Gasteiger partial charge in [0.25, 0.3) is 0 Å². The first-order valence-electron chi connectivity index (χ1n) is 32.2. The van der Waals surface area contributed by atoms with E-state index in [-0.39, 0.29) is 31.1 Å². The summed E-state index contributed by atoms with van der Waals surface area (Å²) in [5.41, 5.74) is 0. The van der Waals surface area contributed by atoms with Gasteiger partial charge in [0, 0.05) is 19.3 Å². The number of hydrogen-bond donors (Lipinski definition) is 0. The molecule has 0 saturated carbocycles. The average Bonchev–Trinajstić information content (AvgIpc) is 3.44. The maximum absolute atomic E-state index is 12.9. The minimum absolute atomic E-state index is 0.103. The van der Waals surface area contributed by atoms with Crippen molar-refractivity contribution in [3.63, 3.8) is 0 Å². The maximum Gasteiger partial charge on any atom is 0.306 e. The van der Waals surface area contributed by atoms with Crippen LogP contribution < -0.4 is 0 Å². The quantitative estimate of drug-likeness (QED) is 0.0261. The van der Waals surface area contributed by atoms with Crippen LogP contribution in [0.15, 0.2) is 134 Å². The molecule has 442 valence electrons. The normalized spacial score (nSPS) is 13.0. The van der Waals surface area contributed by atoms with E-state index in [2.05, 4.69) is 154 Å². The van der Waals surface area contributed by atoms with Gasteiger partial charge >= 0.3 is 17.9 Å². The highest BCUT2D eigenvalue weighted by Crippen LogP contribution is 2.15. The molecule has 0 spiro atoms. The first-order valence-corrected chi connectivity index (χ1v) is 32.2. The molecule has 0 aliphatic carbocycles. The second-order valence-electron chi connectivity index (χ2n) is 20.9. The number of ether oxygens (including phenoxy) is 3. The first-order chi connectivity index (χ1) is 38.5. The van der Waals surface area contributed by atoms with Crippen molar-refractivity contribution in [2.24, 2.45) is 0 Å². The Morgan fingerprint density at radius 1 is 0.269 bits per heavy atom. The molecular weight excluding hydrogens is 961 g/mol. The molecule has 0 bridgehead atoms. The van der Waals surface area contributed by atoms with Gasteiger partial charge in [-0.3, -0.25) is 14.4 Å². The molecule has 0 fully saturated rings. The van der Waals surface area contributed by atoms with Crippen molar-refractivity contribution >= 4 is 17.9 Å². The molecule has 0 saturated heterocycles. The Labute approximate surface area is 481 Å². The molecule has 0 heterocycles. The van der Waals surface area contributed by atoms with Crippen LogP contribution in [0.5, 0.6) is 0 Å². The summed E-state index contributed by atoms with van der Waals surface area (Å²) in [5, 5.41) is 0. The number of esters is 3. The van der Waals surface area contributed by atoms with Gasteiger partial charge in [0.2, 0.25) is 0 Å². The predicted octanol–water partition coefficient (Wildman–Crippen LogP) is 22.2. The van der Waals surface area contributed by atoms with E-state index in [1.165, 1.54) is 109 Å². The molecular formula is C72H118O6. The summed E-state index contributed by atoms with van der Waals surface area (Å²) in [5.74, 6) is -0.961. The molecule has 0 N–H and O–H groups in total. The van der Waals surface area contributed by atoms with Gasteiger partial charge in [0.05, 0.1) is 0 Å². The zero-order valence-electron chi connectivity index (χ0n) is 50.6. The van der Waals surface area contributed by atoms with Gasteiger partial charge in [-0.15, -0.1) is 0 Å². The number of allylic oxidation sites excluding steroid dienone is 22. The van der Waals surface area contributed by atoms with Gasteiger partial charge in [0.1, 0.15) is 13.2 Å². The summed E-state index contributed by atoms with van der Waals surface area (Å²) in [6.45, 7) is 6.44. The highest BCUT2D eigenvalue weighted by Gasteiger charge is 2.19. The second kappa shape index (κ2) is 65.1. The highest BCUT2D eigenvalue weighted by molar-refractivity contribution is 5.71. The summed E-state index contributed by atoms with van der Waals surface area (Å²) in [4.78, 5) is 38.3. The highest BCUT2D eigenvalue weighted by atomic mass is 16.6. The van der Waals surface area contributed by atoms with E-state index >= 15 is 0 Å². The van der Waals surface area contributed by atoms with E-state index < -0.39 is 6.10 Å². The number of rotatable bonds is 57. The van der Waals surface area contributed by atoms with E-state index in [0.29, 0.717) is 25.7 Å². The molecule has 1 atom stereocenters. The smallest absolute Gasteiger partial charge is 0.306 e. The Balaban J connectivity index is 4.46. The monoisotopic (exact) mass is 1080 g/mol. The summed E-state index contributed by atoms with van der Waals surface area (Å²) in [6.07, 6.45) is 91.7. The van der Waals surface area contributed by atoms with Crippen LogP contribution in [0.3, 0.4) is 0 Å². The van der Waals surface area contributed by atoms with Crippen LogP contribution in [0.4, 0.5) is 0 Å². The Hall–Kier alpha value is -4.45. The van der Waals surface area contributed by atoms with E-state index in [1.807, 2.05) is 0 Å². The van der Waals surface area contributed by atoms with Crippen molar-refractivity contribution in [3.05, 3.63) is 134 Å². The van der Waals surface area contributed by atoms with Gasteiger partial charge in [-0.05, 0) is 135 Å². The van der Waals surface area contributed by atoms with Crippen LogP contribution in [-0.4, -0.2) is 37.2 Å². The average molecular weight is 1080 g/mol. The van der Waals surface area contributed by atoms with Crippen LogP contribution in [0.2, 0.25) is 0 Å². The van der Waals surface area contributed by atoms with Gasteiger partial charge in [-0.1, -0.05) is 264 Å². The van der Waals surface area contributed by atoms with Crippen molar-refractivity contribution in [3.8, 4) is 0 Å². The zero-order chi connectivity index (χ0) is 56.4. The Morgan fingerprint density at radius 3 is 0.859 bits per heavy atom. The molecule has 0 aromatic heterocycles. The molecule has 0 rings (SSSR count). The maximum atomic E-state index is 12.9. The van der Waals surface area contributed by atoms with Crippen molar-refractivity contribution in [1.29, 1.82) is 0 Å². The number of carbonyl (C=O) groups excluding carboxylic acids is 3. The standard InChI is InChI=1S/C72H118O6/c1-4-7-10-13-16-19-22-25-28-30-32-33-34-35-36-37-38-39-41-42-44-47-50-53-56-59-62-65-71(74)77-68-69(67-76-70(73)64-61-58-55-52-49-46-27-24-21-18-15-12-9-6-3)78-72(75)66-63-60-57-54-51-48-45-43-40-31-29-26-23-20-17-14-11-8-5-2/h7,10,15-16,18-19,24-29,32-33,35-36,38-39,42,44,50,53,69H,4-6,8-9,11-14,17,20-23,30-31,34,37,40-41,43,45-49,51-52,54-68H2,1-3H3/b10-7-,18-15-,19-16-,27-24-,28-25-,29-26-,33-32-,36-35-,39-38-,44-42-,53-50-. The number of carbonyl (C=O) groups is 3. The summed E-state index contributed by atoms with van der Waals surface area (Å²) >= 11 is 0. The van der Waals surface area contributed by atoms with Crippen molar-refractivity contribution in [2.45, 2.75) is 290 Å². The Morgan fingerprint density at radius 2 is 0.513 bits per heavy atom. The minimum atomic E-state index is -0.809. The Bertz CT molecular complexity index is 1670. The SMILES string of the molecule is CC/C=C\C/C=C\C/C=C\C/C=C\C/C=C\C/C=C\C/C=C\C/C=C\CCCCC(=O)OCC(COC(=O)CCCCCCC/C=C\C/C=C\CCCC)OC(=O)CCCCCCCCCCC/C=C\CCCCCCCC. The molecule has 6 nitrogen and oxygen atoms in total. The van der Waals surface area contributed by atoms with Gasteiger partial charge in [-0.25, -0.2) is 0 Å². The zero-order valence-corrected chi connectivity index (χ0v) is 50.6. The third kappa shape index (κ3) is 62.4. The predicted molar refractivity (Wildman–Crippen MR) is 339 cm³/mol. The summed E-state index contributed by atoms with van der Waals surface area (Å²) in [7, 11) is 0. The molecule has 0 aromatic rings. The van der Waals surface area contributed by atoms with Gasteiger partial charge in [-0.2, -0.15) is 0 Å². The molecule has 0 radical (unpaired) electrons. The molecule has 6 heteroatoms. The third-order valence-electron chi connectivity index (χ3n) is 13.4. The number of unbranched alkanes of at least 4 members (excludes halogenated alkanes) is 24.